The summed E-state index contributed by atoms with van der Waals surface area (Å²) in [4.78, 5) is 5.26. The van der Waals surface area contributed by atoms with Gasteiger partial charge >= 0.3 is 0 Å². The second-order valence-corrected chi connectivity index (χ2v) is 9.03. The fourth-order valence-corrected chi connectivity index (χ4v) is 4.40. The van der Waals surface area contributed by atoms with Gasteiger partial charge in [-0.2, -0.15) is 0 Å². The highest BCUT2D eigenvalue weighted by Gasteiger charge is 2.21. The van der Waals surface area contributed by atoms with Gasteiger partial charge in [0.25, 0.3) is 0 Å². The van der Waals surface area contributed by atoms with Crippen molar-refractivity contribution in [3.8, 4) is 45.4 Å². The molecule has 5 rings (SSSR count). The smallest absolute Gasteiger partial charge is 0.141 e. The van der Waals surface area contributed by atoms with Crippen molar-refractivity contribution in [1.29, 1.82) is 0 Å². The number of hydrogen-bond donors (Lipinski definition) is 0. The molecule has 0 aliphatic rings. The number of aromatic nitrogens is 2. The third kappa shape index (κ3) is 4.76. The van der Waals surface area contributed by atoms with Gasteiger partial charge in [0, 0.05) is 23.2 Å². The first-order chi connectivity index (χ1) is 17.6. The summed E-state index contributed by atoms with van der Waals surface area (Å²) in [6.45, 7) is 4.90. The van der Waals surface area contributed by atoms with Crippen molar-refractivity contribution >= 4 is 0 Å². The molecule has 0 N–H and O–H groups in total. The van der Waals surface area contributed by atoms with Crippen molar-refractivity contribution in [2.75, 3.05) is 14.2 Å². The molecule has 4 nitrogen and oxygen atoms in total. The van der Waals surface area contributed by atoms with Gasteiger partial charge in [-0.05, 0) is 55.8 Å². The minimum absolute atomic E-state index is 0.680. The van der Waals surface area contributed by atoms with Gasteiger partial charge in [-0.1, -0.05) is 71.8 Å². The summed E-state index contributed by atoms with van der Waals surface area (Å²) in [7, 11) is 3.38. The van der Waals surface area contributed by atoms with Crippen LogP contribution < -0.4 is 9.47 Å². The Kier molecular flexibility index (Phi) is 6.59. The molecule has 36 heavy (non-hydrogen) atoms. The van der Waals surface area contributed by atoms with E-state index in [-0.39, 0.29) is 0 Å². The second kappa shape index (κ2) is 10.1. The third-order valence-electron chi connectivity index (χ3n) is 6.47. The summed E-state index contributed by atoms with van der Waals surface area (Å²) >= 11 is 0. The quantitative estimate of drug-likeness (QED) is 0.244. The summed E-state index contributed by atoms with van der Waals surface area (Å²) in [6.07, 6.45) is 0. The number of benzene rings is 4. The lowest BCUT2D eigenvalue weighted by atomic mass is 10.0. The van der Waals surface area contributed by atoms with Gasteiger partial charge in [0.2, 0.25) is 0 Å². The molecule has 0 unspecified atom stereocenters. The van der Waals surface area contributed by atoms with E-state index in [1.54, 1.807) is 14.2 Å². The van der Waals surface area contributed by atoms with Crippen LogP contribution in [0, 0.1) is 13.8 Å². The van der Waals surface area contributed by atoms with Crippen LogP contribution in [-0.2, 0) is 6.54 Å². The van der Waals surface area contributed by atoms with E-state index in [0.717, 1.165) is 45.4 Å². The van der Waals surface area contributed by atoms with Crippen LogP contribution in [0.4, 0.5) is 0 Å². The van der Waals surface area contributed by atoms with Crippen molar-refractivity contribution in [3.05, 3.63) is 114 Å². The molecule has 1 heterocycles. The maximum Gasteiger partial charge on any atom is 0.141 e. The van der Waals surface area contributed by atoms with Gasteiger partial charge in [-0.25, -0.2) is 4.98 Å². The molecule has 0 saturated heterocycles. The Morgan fingerprint density at radius 3 is 1.58 bits per heavy atom. The molecule has 5 aromatic rings. The van der Waals surface area contributed by atoms with E-state index in [4.69, 9.17) is 14.5 Å². The number of hydrogen-bond acceptors (Lipinski definition) is 3. The van der Waals surface area contributed by atoms with E-state index in [9.17, 15) is 0 Å². The number of rotatable bonds is 7. The second-order valence-electron chi connectivity index (χ2n) is 9.03. The Balaban J connectivity index is 1.75. The van der Waals surface area contributed by atoms with Crippen LogP contribution in [0.2, 0.25) is 0 Å². The lowest BCUT2D eigenvalue weighted by molar-refractivity contribution is 0.414. The minimum Gasteiger partial charge on any atom is -0.497 e. The number of ether oxygens (including phenoxy) is 2. The van der Waals surface area contributed by atoms with E-state index in [1.807, 2.05) is 24.3 Å². The summed E-state index contributed by atoms with van der Waals surface area (Å²) in [6, 6.07) is 33.6. The summed E-state index contributed by atoms with van der Waals surface area (Å²) in [5.74, 6) is 2.61. The average molecular weight is 475 g/mol. The summed E-state index contributed by atoms with van der Waals surface area (Å²) in [5.41, 5.74) is 8.93. The molecule has 0 amide bonds. The van der Waals surface area contributed by atoms with Gasteiger partial charge in [0.15, 0.2) is 0 Å². The summed E-state index contributed by atoms with van der Waals surface area (Å²) in [5, 5.41) is 0. The Morgan fingerprint density at radius 1 is 0.583 bits per heavy atom. The van der Waals surface area contributed by atoms with Crippen molar-refractivity contribution < 1.29 is 9.47 Å². The average Bonchev–Trinajstić information content (AvgIpc) is 3.29. The zero-order chi connectivity index (χ0) is 25.1. The van der Waals surface area contributed by atoms with E-state index < -0.39 is 0 Å². The Hall–Kier alpha value is -4.31. The maximum atomic E-state index is 5.40. The van der Waals surface area contributed by atoms with Crippen molar-refractivity contribution in [2.24, 2.45) is 0 Å². The Morgan fingerprint density at radius 2 is 1.06 bits per heavy atom. The van der Waals surface area contributed by atoms with Gasteiger partial charge < -0.3 is 14.0 Å². The zero-order valence-electron chi connectivity index (χ0n) is 21.2. The van der Waals surface area contributed by atoms with Gasteiger partial charge in [-0.3, -0.25) is 0 Å². The molecule has 0 radical (unpaired) electrons. The highest BCUT2D eigenvalue weighted by molar-refractivity contribution is 5.82. The topological polar surface area (TPSA) is 36.3 Å². The largest absolute Gasteiger partial charge is 0.497 e. The van der Waals surface area contributed by atoms with E-state index in [1.165, 1.54) is 16.7 Å². The molecule has 4 aromatic carbocycles. The Bertz CT molecular complexity index is 1450. The predicted molar refractivity (Wildman–Crippen MR) is 147 cm³/mol. The predicted octanol–water partition coefficient (Wildman–Crippen LogP) is 7.57. The molecule has 0 aliphatic carbocycles. The van der Waals surface area contributed by atoms with Crippen LogP contribution in [0.3, 0.4) is 0 Å². The van der Waals surface area contributed by atoms with Crippen LogP contribution in [0.1, 0.15) is 16.7 Å². The van der Waals surface area contributed by atoms with Gasteiger partial charge in [-0.15, -0.1) is 0 Å². The number of aryl methyl sites for hydroxylation is 2. The first-order valence-corrected chi connectivity index (χ1v) is 12.1. The highest BCUT2D eigenvalue weighted by Crippen LogP contribution is 2.37. The molecule has 0 fully saturated rings. The van der Waals surface area contributed by atoms with Gasteiger partial charge in [0.05, 0.1) is 25.6 Å². The summed E-state index contributed by atoms with van der Waals surface area (Å²) < 4.78 is 13.1. The highest BCUT2D eigenvalue weighted by atomic mass is 16.5. The van der Waals surface area contributed by atoms with Crippen molar-refractivity contribution in [3.63, 3.8) is 0 Å². The number of nitrogens with zero attached hydrogens (tertiary/aromatic N) is 2. The lowest BCUT2D eigenvalue weighted by Crippen LogP contribution is -2.05. The van der Waals surface area contributed by atoms with Crippen LogP contribution in [-0.4, -0.2) is 23.8 Å². The molecule has 0 spiro atoms. The SMILES string of the molecule is COc1ccc(Cn2c(-c3ccc(C)cc3)nc(-c3ccc(OC)cc3)c2-c2ccc(C)cc2)cc1. The van der Waals surface area contributed by atoms with Gasteiger partial charge in [0.1, 0.15) is 17.3 Å². The van der Waals surface area contributed by atoms with E-state index in [0.29, 0.717) is 6.54 Å². The minimum atomic E-state index is 0.680. The molecule has 1 aromatic heterocycles. The maximum absolute atomic E-state index is 5.40. The molecule has 180 valence electrons. The first-order valence-electron chi connectivity index (χ1n) is 12.1. The third-order valence-corrected chi connectivity index (χ3v) is 6.47. The molecule has 0 saturated carbocycles. The number of methoxy groups -OCH3 is 2. The molecule has 0 atom stereocenters. The number of imidazole rings is 1. The van der Waals surface area contributed by atoms with Crippen molar-refractivity contribution in [2.45, 2.75) is 20.4 Å². The fraction of sp³-hybridized carbons (Fsp3) is 0.156. The van der Waals surface area contributed by atoms with E-state index in [2.05, 4.69) is 91.2 Å². The monoisotopic (exact) mass is 474 g/mol. The molecular formula is C32H30N2O2. The molecule has 0 bridgehead atoms. The molecule has 4 heteroatoms. The fourth-order valence-electron chi connectivity index (χ4n) is 4.40. The zero-order valence-corrected chi connectivity index (χ0v) is 21.2. The van der Waals surface area contributed by atoms with Crippen molar-refractivity contribution in [1.82, 2.24) is 9.55 Å². The normalized spacial score (nSPS) is 10.9. The van der Waals surface area contributed by atoms with E-state index >= 15 is 0 Å². The standard InChI is InChI=1S/C32H30N2O2/c1-22-5-11-26(12-6-22)31-30(25-15-19-29(36-4)20-16-25)33-32(27-13-7-23(2)8-14-27)34(31)21-24-9-17-28(35-3)18-10-24/h5-20H,21H2,1-4H3. The van der Waals surface area contributed by atoms with Crippen LogP contribution in [0.15, 0.2) is 97.1 Å². The Labute approximate surface area is 212 Å². The van der Waals surface area contributed by atoms with Crippen LogP contribution >= 0.6 is 0 Å². The van der Waals surface area contributed by atoms with Crippen LogP contribution in [0.5, 0.6) is 11.5 Å². The van der Waals surface area contributed by atoms with Crippen LogP contribution in [0.25, 0.3) is 33.9 Å². The molecule has 0 aliphatic heterocycles. The lowest BCUT2D eigenvalue weighted by Gasteiger charge is -2.15. The first kappa shape index (κ1) is 23.4. The molecular weight excluding hydrogens is 444 g/mol.